The Hall–Kier alpha value is -2.08. The minimum atomic E-state index is -0.696. The quantitative estimate of drug-likeness (QED) is 0.822. The summed E-state index contributed by atoms with van der Waals surface area (Å²) >= 11 is 0. The summed E-state index contributed by atoms with van der Waals surface area (Å²) in [5.41, 5.74) is 1.63. The van der Waals surface area contributed by atoms with Gasteiger partial charge in [-0.15, -0.1) is 0 Å². The van der Waals surface area contributed by atoms with Gasteiger partial charge in [-0.25, -0.2) is 0 Å². The number of carbonyl (C=O) groups is 2. The van der Waals surface area contributed by atoms with Crippen molar-refractivity contribution in [3.63, 3.8) is 0 Å². The van der Waals surface area contributed by atoms with E-state index in [2.05, 4.69) is 0 Å². The summed E-state index contributed by atoms with van der Waals surface area (Å²) in [5, 5.41) is 9.83. The maximum absolute atomic E-state index is 13.6. The van der Waals surface area contributed by atoms with Crippen LogP contribution in [0.2, 0.25) is 0 Å². The molecule has 4 rings (SSSR count). The average molecular weight is 415 g/mol. The molecule has 0 bridgehead atoms. The Balaban J connectivity index is 1.45. The molecule has 2 amide bonds. The standard InChI is InChI=1S/C24H34N2O4/c1-17-5-10-21(15-18(17)2)30-16-22(28)26-14-4-12-24(26)11-3-13-25(23(24)29)19-6-8-20(27)9-7-19/h5,10,15,19-20,27H,3-4,6-9,11-14,16H2,1-2H3. The fraction of sp³-hybridized carbons (Fsp3) is 0.667. The van der Waals surface area contributed by atoms with Crippen molar-refractivity contribution >= 4 is 11.8 Å². The van der Waals surface area contributed by atoms with Gasteiger partial charge in [-0.2, -0.15) is 0 Å². The largest absolute Gasteiger partial charge is 0.484 e. The Bertz CT molecular complexity index is 802. The first-order chi connectivity index (χ1) is 14.4. The van der Waals surface area contributed by atoms with Crippen molar-refractivity contribution in [1.29, 1.82) is 0 Å². The van der Waals surface area contributed by atoms with Gasteiger partial charge in [-0.05, 0) is 88.5 Å². The van der Waals surface area contributed by atoms with Gasteiger partial charge in [0.2, 0.25) is 5.91 Å². The average Bonchev–Trinajstić information content (AvgIpc) is 3.16. The number of aliphatic hydroxyl groups is 1. The Morgan fingerprint density at radius 1 is 1.10 bits per heavy atom. The second kappa shape index (κ2) is 8.58. The third-order valence-electron chi connectivity index (χ3n) is 7.39. The zero-order valence-corrected chi connectivity index (χ0v) is 18.2. The molecule has 0 radical (unpaired) electrons. The fourth-order valence-electron chi connectivity index (χ4n) is 5.49. The first-order valence-electron chi connectivity index (χ1n) is 11.4. The van der Waals surface area contributed by atoms with Crippen molar-refractivity contribution in [2.24, 2.45) is 0 Å². The van der Waals surface area contributed by atoms with Crippen molar-refractivity contribution in [1.82, 2.24) is 9.80 Å². The van der Waals surface area contributed by atoms with Crippen molar-refractivity contribution in [2.75, 3.05) is 19.7 Å². The van der Waals surface area contributed by atoms with Gasteiger partial charge in [-0.3, -0.25) is 9.59 Å². The highest BCUT2D eigenvalue weighted by molar-refractivity contribution is 5.93. The van der Waals surface area contributed by atoms with Crippen molar-refractivity contribution in [2.45, 2.75) is 82.9 Å². The molecule has 1 spiro atoms. The van der Waals surface area contributed by atoms with E-state index in [0.717, 1.165) is 63.5 Å². The van der Waals surface area contributed by atoms with Crippen molar-refractivity contribution in [3.05, 3.63) is 29.3 Å². The molecular weight excluding hydrogens is 380 g/mol. The van der Waals surface area contributed by atoms with Gasteiger partial charge in [-0.1, -0.05) is 6.07 Å². The molecule has 1 atom stereocenters. The number of carbonyl (C=O) groups excluding carboxylic acids is 2. The number of piperidine rings is 1. The fourth-order valence-corrected chi connectivity index (χ4v) is 5.49. The molecule has 6 heteroatoms. The molecule has 164 valence electrons. The first kappa shape index (κ1) is 21.2. The molecule has 6 nitrogen and oxygen atoms in total. The maximum atomic E-state index is 13.6. The van der Waals surface area contributed by atoms with Crippen LogP contribution in [0.25, 0.3) is 0 Å². The van der Waals surface area contributed by atoms with E-state index >= 15 is 0 Å². The van der Waals surface area contributed by atoms with E-state index in [1.165, 1.54) is 5.56 Å². The highest BCUT2D eigenvalue weighted by Gasteiger charge is 2.53. The van der Waals surface area contributed by atoms with E-state index in [4.69, 9.17) is 4.74 Å². The molecule has 2 heterocycles. The molecule has 1 aromatic rings. The molecule has 1 unspecified atom stereocenters. The highest BCUT2D eigenvalue weighted by atomic mass is 16.5. The maximum Gasteiger partial charge on any atom is 0.261 e. The number of hydrogen-bond acceptors (Lipinski definition) is 4. The number of benzene rings is 1. The molecule has 1 N–H and O–H groups in total. The highest BCUT2D eigenvalue weighted by Crippen LogP contribution is 2.40. The van der Waals surface area contributed by atoms with E-state index in [9.17, 15) is 14.7 Å². The molecule has 30 heavy (non-hydrogen) atoms. The monoisotopic (exact) mass is 414 g/mol. The lowest BCUT2D eigenvalue weighted by Crippen LogP contribution is -2.63. The number of ether oxygens (including phenoxy) is 1. The molecular formula is C24H34N2O4. The molecule has 3 fully saturated rings. The van der Waals surface area contributed by atoms with Crippen LogP contribution in [0, 0.1) is 13.8 Å². The number of aryl methyl sites for hydroxylation is 2. The summed E-state index contributed by atoms with van der Waals surface area (Å²) < 4.78 is 5.80. The molecule has 1 aromatic carbocycles. The summed E-state index contributed by atoms with van der Waals surface area (Å²) in [4.78, 5) is 30.6. The van der Waals surface area contributed by atoms with Crippen LogP contribution in [-0.4, -0.2) is 64.1 Å². The Morgan fingerprint density at radius 2 is 1.80 bits per heavy atom. The lowest BCUT2D eigenvalue weighted by atomic mass is 9.82. The van der Waals surface area contributed by atoms with Gasteiger partial charge in [0.05, 0.1) is 6.10 Å². The minimum Gasteiger partial charge on any atom is -0.484 e. The van der Waals surface area contributed by atoms with E-state index in [0.29, 0.717) is 12.3 Å². The first-order valence-corrected chi connectivity index (χ1v) is 11.4. The third kappa shape index (κ3) is 3.94. The summed E-state index contributed by atoms with van der Waals surface area (Å²) in [6.07, 6.45) is 6.26. The molecule has 3 aliphatic rings. The van der Waals surface area contributed by atoms with Crippen LogP contribution < -0.4 is 4.74 Å². The Labute approximate surface area is 179 Å². The molecule has 2 saturated heterocycles. The van der Waals surface area contributed by atoms with Crippen molar-refractivity contribution in [3.8, 4) is 5.75 Å². The predicted octanol–water partition coefficient (Wildman–Crippen LogP) is 2.97. The lowest BCUT2D eigenvalue weighted by molar-refractivity contribution is -0.159. The number of amides is 2. The van der Waals surface area contributed by atoms with Crippen LogP contribution in [-0.2, 0) is 9.59 Å². The predicted molar refractivity (Wildman–Crippen MR) is 114 cm³/mol. The normalized spacial score (nSPS) is 29.5. The summed E-state index contributed by atoms with van der Waals surface area (Å²) in [6.45, 7) is 5.43. The smallest absolute Gasteiger partial charge is 0.261 e. The number of rotatable bonds is 4. The van der Waals surface area contributed by atoms with Crippen LogP contribution in [0.3, 0.4) is 0 Å². The Morgan fingerprint density at radius 3 is 2.50 bits per heavy atom. The second-order valence-electron chi connectivity index (χ2n) is 9.28. The second-order valence-corrected chi connectivity index (χ2v) is 9.28. The van der Waals surface area contributed by atoms with Crippen LogP contribution in [0.5, 0.6) is 5.75 Å². The van der Waals surface area contributed by atoms with E-state index in [1.807, 2.05) is 36.9 Å². The molecule has 0 aromatic heterocycles. The van der Waals surface area contributed by atoms with Crippen LogP contribution in [0.4, 0.5) is 0 Å². The third-order valence-corrected chi connectivity index (χ3v) is 7.39. The van der Waals surface area contributed by atoms with Crippen LogP contribution in [0.15, 0.2) is 18.2 Å². The van der Waals surface area contributed by atoms with E-state index in [-0.39, 0.29) is 30.6 Å². The number of aliphatic hydroxyl groups excluding tert-OH is 1. The molecule has 1 saturated carbocycles. The number of likely N-dealkylation sites (tertiary alicyclic amines) is 2. The summed E-state index contributed by atoms with van der Waals surface area (Å²) in [7, 11) is 0. The van der Waals surface area contributed by atoms with Crippen LogP contribution in [0.1, 0.15) is 62.5 Å². The number of hydrogen-bond donors (Lipinski definition) is 1. The zero-order valence-electron chi connectivity index (χ0n) is 18.2. The van der Waals surface area contributed by atoms with Gasteiger partial charge in [0.25, 0.3) is 5.91 Å². The van der Waals surface area contributed by atoms with Gasteiger partial charge < -0.3 is 19.6 Å². The van der Waals surface area contributed by atoms with Crippen LogP contribution >= 0.6 is 0 Å². The topological polar surface area (TPSA) is 70.1 Å². The lowest BCUT2D eigenvalue weighted by Gasteiger charge is -2.48. The minimum absolute atomic E-state index is 0.0346. The molecule has 1 aliphatic carbocycles. The SMILES string of the molecule is Cc1ccc(OCC(=O)N2CCCC23CCCN(C2CCC(O)CC2)C3=O)cc1C. The van der Waals surface area contributed by atoms with E-state index < -0.39 is 5.54 Å². The van der Waals surface area contributed by atoms with Gasteiger partial charge >= 0.3 is 0 Å². The molecule has 2 aliphatic heterocycles. The van der Waals surface area contributed by atoms with Gasteiger partial charge in [0.1, 0.15) is 11.3 Å². The summed E-state index contributed by atoms with van der Waals surface area (Å²) in [6, 6.07) is 6.03. The zero-order chi connectivity index (χ0) is 21.3. The Kier molecular flexibility index (Phi) is 6.05. The van der Waals surface area contributed by atoms with Crippen molar-refractivity contribution < 1.29 is 19.4 Å². The van der Waals surface area contributed by atoms with E-state index in [1.54, 1.807) is 4.90 Å². The van der Waals surface area contributed by atoms with Gasteiger partial charge in [0, 0.05) is 19.1 Å². The summed E-state index contributed by atoms with van der Waals surface area (Å²) in [5.74, 6) is 0.712. The number of nitrogens with zero attached hydrogens (tertiary/aromatic N) is 2. The van der Waals surface area contributed by atoms with Gasteiger partial charge in [0.15, 0.2) is 6.61 Å².